The van der Waals surface area contributed by atoms with Crippen molar-refractivity contribution in [2.24, 2.45) is 4.99 Å². The molecule has 0 spiro atoms. The van der Waals surface area contributed by atoms with Gasteiger partial charge in [0.1, 0.15) is 10.8 Å². The molecule has 2 heterocycles. The first-order chi connectivity index (χ1) is 15.3. The molecule has 1 fully saturated rings. The predicted octanol–water partition coefficient (Wildman–Crippen LogP) is 5.93. The summed E-state index contributed by atoms with van der Waals surface area (Å²) in [6.45, 7) is 0. The molecule has 1 aliphatic heterocycles. The number of thioether (sulfide) groups is 1. The van der Waals surface area contributed by atoms with Crippen molar-refractivity contribution in [3.63, 3.8) is 0 Å². The highest BCUT2D eigenvalue weighted by Gasteiger charge is 2.32. The second-order valence-corrected chi connectivity index (χ2v) is 9.34. The number of unbranched alkanes of at least 4 members (excludes halogenated alkanes) is 1. The number of nitrogens with one attached hydrogen (secondary N) is 2. The van der Waals surface area contributed by atoms with Crippen LogP contribution in [0.5, 0.6) is 5.75 Å². The average molecular weight is 470 g/mol. The Labute approximate surface area is 188 Å². The first-order valence-corrected chi connectivity index (χ1v) is 11.9. The van der Waals surface area contributed by atoms with E-state index in [0.717, 1.165) is 60.5 Å². The number of H-pyrrole nitrogens is 1. The van der Waals surface area contributed by atoms with Crippen molar-refractivity contribution in [1.29, 1.82) is 0 Å². The average Bonchev–Trinajstić information content (AvgIpc) is 3.44. The predicted molar refractivity (Wildman–Crippen MR) is 120 cm³/mol. The minimum atomic E-state index is -4.75. The smallest absolute Gasteiger partial charge is 0.481 e. The summed E-state index contributed by atoms with van der Waals surface area (Å²) in [4.78, 5) is 18.7. The Kier molecular flexibility index (Phi) is 6.88. The quantitative estimate of drug-likeness (QED) is 0.397. The monoisotopic (exact) mass is 469 g/mol. The van der Waals surface area contributed by atoms with E-state index in [0.29, 0.717) is 17.5 Å². The number of nitrogens with zero attached hydrogens (tertiary/aromatic N) is 1. The summed E-state index contributed by atoms with van der Waals surface area (Å²) in [6, 6.07) is 4.97. The number of hydrogen-bond acceptors (Lipinski definition) is 5. The molecule has 0 radical (unpaired) electrons. The van der Waals surface area contributed by atoms with Gasteiger partial charge >= 0.3 is 12.3 Å². The molecule has 0 saturated heterocycles. The van der Waals surface area contributed by atoms with E-state index in [1.807, 2.05) is 6.07 Å². The summed E-state index contributed by atoms with van der Waals surface area (Å²) in [7, 11) is 0. The summed E-state index contributed by atoms with van der Waals surface area (Å²) >= 11 is 1.61. The minimum absolute atomic E-state index is 0.121. The molecule has 1 aliphatic carbocycles. The summed E-state index contributed by atoms with van der Waals surface area (Å²) in [6.07, 6.45) is 1.86. The molecule has 10 heteroatoms. The van der Waals surface area contributed by atoms with Crippen LogP contribution in [0.3, 0.4) is 0 Å². The van der Waals surface area contributed by atoms with Gasteiger partial charge in [0.05, 0.1) is 22.9 Å². The van der Waals surface area contributed by atoms with Crippen molar-refractivity contribution in [2.75, 3.05) is 11.1 Å². The van der Waals surface area contributed by atoms with Gasteiger partial charge in [0.25, 0.3) is 0 Å². The van der Waals surface area contributed by atoms with Crippen LogP contribution in [0.25, 0.3) is 10.9 Å². The van der Waals surface area contributed by atoms with Gasteiger partial charge in [-0.2, -0.15) is 0 Å². The fraction of sp³-hybridized carbons (Fsp3) is 0.545. The van der Waals surface area contributed by atoms with Crippen molar-refractivity contribution in [1.82, 2.24) is 4.98 Å². The van der Waals surface area contributed by atoms with E-state index in [9.17, 15) is 18.0 Å². The van der Waals surface area contributed by atoms with Gasteiger partial charge in [-0.1, -0.05) is 19.3 Å². The molecule has 32 heavy (non-hydrogen) atoms. The third kappa shape index (κ3) is 5.90. The molecular weight excluding hydrogens is 443 g/mol. The summed E-state index contributed by atoms with van der Waals surface area (Å²) in [5, 5.41) is 13.6. The maximum atomic E-state index is 12.8. The fourth-order valence-corrected chi connectivity index (χ4v) is 5.38. The fourth-order valence-electron chi connectivity index (χ4n) is 4.30. The lowest BCUT2D eigenvalue weighted by Gasteiger charge is -2.16. The molecule has 0 bridgehead atoms. The Bertz CT molecular complexity index is 999. The van der Waals surface area contributed by atoms with Gasteiger partial charge in [0.2, 0.25) is 0 Å². The number of aliphatic imine (C=N–C) groups is 1. The van der Waals surface area contributed by atoms with Gasteiger partial charge in [0.15, 0.2) is 0 Å². The lowest BCUT2D eigenvalue weighted by atomic mass is 10.1. The summed E-state index contributed by atoms with van der Waals surface area (Å²) in [5.41, 5.74) is 2.13. The lowest BCUT2D eigenvalue weighted by Crippen LogP contribution is -2.18. The van der Waals surface area contributed by atoms with Crippen molar-refractivity contribution in [3.8, 4) is 5.75 Å². The normalized spacial score (nSPS) is 19.5. The van der Waals surface area contributed by atoms with E-state index in [-0.39, 0.29) is 24.3 Å². The number of rotatable bonds is 9. The second-order valence-electron chi connectivity index (χ2n) is 8.33. The number of benzene rings is 1. The summed E-state index contributed by atoms with van der Waals surface area (Å²) in [5.74, 6) is -0.217. The van der Waals surface area contributed by atoms with Crippen LogP contribution >= 0.6 is 11.8 Å². The third-order valence-electron chi connectivity index (χ3n) is 5.77. The zero-order valence-electron chi connectivity index (χ0n) is 17.5. The zero-order valence-corrected chi connectivity index (χ0v) is 18.3. The number of carboxylic acids is 1. The number of aromatic nitrogens is 1. The largest absolute Gasteiger partial charge is 0.573 e. The van der Waals surface area contributed by atoms with Crippen molar-refractivity contribution >= 4 is 39.4 Å². The van der Waals surface area contributed by atoms with Gasteiger partial charge < -0.3 is 20.1 Å². The van der Waals surface area contributed by atoms with E-state index < -0.39 is 12.3 Å². The van der Waals surface area contributed by atoms with Crippen LogP contribution in [-0.2, 0) is 4.79 Å². The number of aromatic amines is 1. The Morgan fingerprint density at radius 3 is 2.75 bits per heavy atom. The van der Waals surface area contributed by atoms with Gasteiger partial charge in [-0.05, 0) is 37.8 Å². The molecular formula is C22H26F3N3O3S. The van der Waals surface area contributed by atoms with E-state index in [1.54, 1.807) is 11.8 Å². The number of carboxylic acid groups (broad SMARTS) is 1. The Balaban J connectivity index is 1.55. The van der Waals surface area contributed by atoms with Crippen LogP contribution < -0.4 is 10.1 Å². The number of aliphatic carboxylic acids is 1. The SMILES string of the molecule is O=C(O)CCCC[C@@H]1CSC(c2cc3cc(OC(F)(F)F)cc(NC4CCCC4)c3[nH]2)=N1. The van der Waals surface area contributed by atoms with Crippen LogP contribution in [0.15, 0.2) is 23.2 Å². The first-order valence-electron chi connectivity index (χ1n) is 10.9. The molecule has 6 nitrogen and oxygen atoms in total. The van der Waals surface area contributed by atoms with Crippen LogP contribution in [0, 0.1) is 0 Å². The molecule has 4 rings (SSSR count). The molecule has 0 unspecified atom stereocenters. The van der Waals surface area contributed by atoms with Gasteiger partial charge in [-0.3, -0.25) is 9.79 Å². The topological polar surface area (TPSA) is 86.7 Å². The first kappa shape index (κ1) is 22.8. The third-order valence-corrected chi connectivity index (χ3v) is 6.92. The van der Waals surface area contributed by atoms with E-state index >= 15 is 0 Å². The highest BCUT2D eigenvalue weighted by atomic mass is 32.2. The number of anilines is 1. The molecule has 3 N–H and O–H groups in total. The molecule has 1 atom stereocenters. The van der Waals surface area contributed by atoms with Crippen molar-refractivity contribution in [3.05, 3.63) is 23.9 Å². The van der Waals surface area contributed by atoms with Crippen molar-refractivity contribution in [2.45, 2.75) is 69.8 Å². The van der Waals surface area contributed by atoms with Crippen LogP contribution in [0.1, 0.15) is 57.1 Å². The Hall–Kier alpha value is -2.36. The summed E-state index contributed by atoms with van der Waals surface area (Å²) < 4.78 is 42.7. The number of alkyl halides is 3. The molecule has 1 aromatic carbocycles. The highest BCUT2D eigenvalue weighted by molar-refractivity contribution is 8.14. The number of fused-ring (bicyclic) bond motifs is 1. The zero-order chi connectivity index (χ0) is 22.7. The maximum Gasteiger partial charge on any atom is 0.573 e. The number of halogens is 3. The Morgan fingerprint density at radius 2 is 2.03 bits per heavy atom. The van der Waals surface area contributed by atoms with Crippen LogP contribution in [0.2, 0.25) is 0 Å². The van der Waals surface area contributed by atoms with Crippen LogP contribution in [-0.4, -0.2) is 45.3 Å². The minimum Gasteiger partial charge on any atom is -0.481 e. The van der Waals surface area contributed by atoms with Crippen LogP contribution in [0.4, 0.5) is 18.9 Å². The molecule has 2 aromatic rings. The van der Waals surface area contributed by atoms with Crippen molar-refractivity contribution < 1.29 is 27.8 Å². The number of hydrogen-bond donors (Lipinski definition) is 3. The molecule has 0 amide bonds. The lowest BCUT2D eigenvalue weighted by molar-refractivity contribution is -0.274. The second kappa shape index (κ2) is 9.64. The Morgan fingerprint density at radius 1 is 1.25 bits per heavy atom. The van der Waals surface area contributed by atoms with Gasteiger partial charge in [-0.15, -0.1) is 24.9 Å². The van der Waals surface area contributed by atoms with Gasteiger partial charge in [-0.25, -0.2) is 0 Å². The highest BCUT2D eigenvalue weighted by Crippen LogP contribution is 2.36. The molecule has 174 valence electrons. The van der Waals surface area contributed by atoms with E-state index in [1.165, 1.54) is 12.1 Å². The van der Waals surface area contributed by atoms with Gasteiger partial charge in [0, 0.05) is 29.7 Å². The molecule has 1 saturated carbocycles. The maximum absolute atomic E-state index is 12.8. The van der Waals surface area contributed by atoms with E-state index in [4.69, 9.17) is 10.1 Å². The standard InChI is InChI=1S/C22H26F3N3O3S/c23-22(24,25)31-16-9-13-10-18(21-27-15(12-32-21)7-3-4-8-19(29)30)28-20(13)17(11-16)26-14-5-1-2-6-14/h9-11,14-15,26,28H,1-8,12H2,(H,29,30)/t15-/m1/s1. The number of carbonyl (C=O) groups is 1. The molecule has 2 aliphatic rings. The van der Waals surface area contributed by atoms with E-state index in [2.05, 4.69) is 15.0 Å². The number of ether oxygens (including phenoxy) is 1. The molecule has 1 aromatic heterocycles.